The van der Waals surface area contributed by atoms with Crippen LogP contribution in [-0.4, -0.2) is 28.9 Å². The van der Waals surface area contributed by atoms with Gasteiger partial charge in [-0.05, 0) is 49.6 Å². The lowest BCUT2D eigenvalue weighted by molar-refractivity contribution is 0.0706. The number of piperidine rings is 1. The van der Waals surface area contributed by atoms with Crippen LogP contribution in [0.3, 0.4) is 0 Å². The molecular formula is C25H26N2O. The molecule has 0 spiro atoms. The van der Waals surface area contributed by atoms with Crippen molar-refractivity contribution >= 4 is 5.91 Å². The van der Waals surface area contributed by atoms with Crippen molar-refractivity contribution in [1.29, 1.82) is 0 Å². The molecule has 1 amide bonds. The van der Waals surface area contributed by atoms with Gasteiger partial charge in [0, 0.05) is 42.4 Å². The number of aromatic nitrogens is 1. The van der Waals surface area contributed by atoms with Gasteiger partial charge in [0.25, 0.3) is 5.91 Å². The van der Waals surface area contributed by atoms with Gasteiger partial charge in [-0.25, -0.2) is 0 Å². The molecule has 1 saturated heterocycles. The number of amides is 1. The summed E-state index contributed by atoms with van der Waals surface area (Å²) in [5.41, 5.74) is 5.53. The summed E-state index contributed by atoms with van der Waals surface area (Å²) in [7, 11) is 0. The van der Waals surface area contributed by atoms with E-state index in [1.54, 1.807) is 0 Å². The fraction of sp³-hybridized carbons (Fsp3) is 0.280. The number of pyridine rings is 1. The van der Waals surface area contributed by atoms with Crippen LogP contribution >= 0.6 is 0 Å². The highest BCUT2D eigenvalue weighted by atomic mass is 16.2. The molecule has 0 saturated carbocycles. The summed E-state index contributed by atoms with van der Waals surface area (Å²) in [5, 5.41) is 0. The minimum atomic E-state index is 0.126. The predicted molar refractivity (Wildman–Crippen MR) is 113 cm³/mol. The van der Waals surface area contributed by atoms with Crippen LogP contribution in [0.15, 0.2) is 72.8 Å². The molecule has 0 aliphatic carbocycles. The van der Waals surface area contributed by atoms with Gasteiger partial charge in [-0.2, -0.15) is 0 Å². The van der Waals surface area contributed by atoms with E-state index in [4.69, 9.17) is 4.98 Å². The van der Waals surface area contributed by atoms with Gasteiger partial charge in [-0.15, -0.1) is 0 Å². The van der Waals surface area contributed by atoms with E-state index < -0.39 is 0 Å². The lowest BCUT2D eigenvalue weighted by atomic mass is 9.93. The van der Waals surface area contributed by atoms with Gasteiger partial charge in [0.15, 0.2) is 0 Å². The van der Waals surface area contributed by atoms with Gasteiger partial charge in [-0.1, -0.05) is 54.1 Å². The minimum Gasteiger partial charge on any atom is -0.338 e. The average molecular weight is 370 g/mol. The van der Waals surface area contributed by atoms with Crippen molar-refractivity contribution in [1.82, 2.24) is 9.88 Å². The third-order valence-corrected chi connectivity index (χ3v) is 5.44. The number of nitrogens with zero attached hydrogens (tertiary/aromatic N) is 2. The molecule has 1 aliphatic heterocycles. The molecule has 1 fully saturated rings. The first-order chi connectivity index (χ1) is 13.7. The maximum absolute atomic E-state index is 12.8. The standard InChI is InChI=1S/C25H26N2O/c1-19-8-5-9-20(16-19)17-23-13-6-14-24(26-23)22-12-7-15-27(18-22)25(28)21-10-3-2-4-11-21/h2-6,8-11,13-14,16,22H,7,12,15,17-18H2,1H3. The van der Waals surface area contributed by atoms with Crippen LogP contribution in [0.2, 0.25) is 0 Å². The number of benzene rings is 2. The zero-order valence-electron chi connectivity index (χ0n) is 16.3. The van der Waals surface area contributed by atoms with Gasteiger partial charge < -0.3 is 4.90 Å². The third kappa shape index (κ3) is 4.30. The van der Waals surface area contributed by atoms with Crippen LogP contribution in [0, 0.1) is 6.92 Å². The van der Waals surface area contributed by atoms with E-state index in [0.717, 1.165) is 49.3 Å². The number of rotatable bonds is 4. The van der Waals surface area contributed by atoms with Gasteiger partial charge in [0.05, 0.1) is 0 Å². The Balaban J connectivity index is 1.48. The average Bonchev–Trinajstić information content (AvgIpc) is 2.74. The Morgan fingerprint density at radius 3 is 2.68 bits per heavy atom. The number of hydrogen-bond donors (Lipinski definition) is 0. The molecule has 4 rings (SSSR count). The molecule has 1 atom stereocenters. The third-order valence-electron chi connectivity index (χ3n) is 5.44. The maximum atomic E-state index is 12.8. The van der Waals surface area contributed by atoms with Crippen LogP contribution in [0.1, 0.15) is 51.6 Å². The van der Waals surface area contributed by atoms with E-state index in [0.29, 0.717) is 5.92 Å². The lowest BCUT2D eigenvalue weighted by Gasteiger charge is -2.32. The number of carbonyl (C=O) groups is 1. The highest BCUT2D eigenvalue weighted by Crippen LogP contribution is 2.27. The first-order valence-corrected chi connectivity index (χ1v) is 10.0. The van der Waals surface area contributed by atoms with Crippen molar-refractivity contribution in [3.63, 3.8) is 0 Å². The smallest absolute Gasteiger partial charge is 0.253 e. The van der Waals surface area contributed by atoms with E-state index in [9.17, 15) is 4.79 Å². The Kier molecular flexibility index (Phi) is 5.52. The maximum Gasteiger partial charge on any atom is 0.253 e. The summed E-state index contributed by atoms with van der Waals surface area (Å²) >= 11 is 0. The van der Waals surface area contributed by atoms with E-state index >= 15 is 0 Å². The SMILES string of the molecule is Cc1cccc(Cc2cccc(C3CCCN(C(=O)c4ccccc4)C3)n2)c1. The van der Waals surface area contributed by atoms with Crippen LogP contribution in [0.5, 0.6) is 0 Å². The first-order valence-electron chi connectivity index (χ1n) is 10.0. The first kappa shape index (κ1) is 18.4. The molecule has 1 unspecified atom stereocenters. The summed E-state index contributed by atoms with van der Waals surface area (Å²) in [6.45, 7) is 3.69. The zero-order valence-corrected chi connectivity index (χ0v) is 16.3. The monoisotopic (exact) mass is 370 g/mol. The number of aryl methyl sites for hydroxylation is 1. The topological polar surface area (TPSA) is 33.2 Å². The van der Waals surface area contributed by atoms with Gasteiger partial charge in [0.2, 0.25) is 0 Å². The quantitative estimate of drug-likeness (QED) is 0.647. The van der Waals surface area contributed by atoms with Crippen LogP contribution in [0.4, 0.5) is 0 Å². The molecule has 28 heavy (non-hydrogen) atoms. The van der Waals surface area contributed by atoms with Crippen LogP contribution in [-0.2, 0) is 6.42 Å². The molecule has 0 radical (unpaired) electrons. The molecule has 3 nitrogen and oxygen atoms in total. The molecule has 2 heterocycles. The van der Waals surface area contributed by atoms with Crippen LogP contribution < -0.4 is 0 Å². The molecular weight excluding hydrogens is 344 g/mol. The Labute approximate surface area is 167 Å². The number of carbonyl (C=O) groups excluding carboxylic acids is 1. The Bertz CT molecular complexity index is 952. The predicted octanol–water partition coefficient (Wildman–Crippen LogP) is 5.00. The van der Waals surface area contributed by atoms with Crippen molar-refractivity contribution in [3.05, 3.63) is 101 Å². The van der Waals surface area contributed by atoms with Crippen molar-refractivity contribution in [2.75, 3.05) is 13.1 Å². The van der Waals surface area contributed by atoms with Crippen molar-refractivity contribution in [2.24, 2.45) is 0 Å². The molecule has 3 heteroatoms. The normalized spacial score (nSPS) is 16.8. The molecule has 0 bridgehead atoms. The molecule has 1 aromatic heterocycles. The second-order valence-corrected chi connectivity index (χ2v) is 7.68. The van der Waals surface area contributed by atoms with E-state index in [1.165, 1.54) is 11.1 Å². The van der Waals surface area contributed by atoms with Gasteiger partial charge >= 0.3 is 0 Å². The van der Waals surface area contributed by atoms with Crippen molar-refractivity contribution in [2.45, 2.75) is 32.1 Å². The molecule has 142 valence electrons. The summed E-state index contributed by atoms with van der Waals surface area (Å²) in [4.78, 5) is 19.8. The summed E-state index contributed by atoms with van der Waals surface area (Å²) in [5.74, 6) is 0.431. The van der Waals surface area contributed by atoms with Gasteiger partial charge in [-0.3, -0.25) is 9.78 Å². The molecule has 1 aliphatic rings. The van der Waals surface area contributed by atoms with Gasteiger partial charge in [0.1, 0.15) is 0 Å². The Hall–Kier alpha value is -2.94. The zero-order chi connectivity index (χ0) is 19.3. The lowest BCUT2D eigenvalue weighted by Crippen LogP contribution is -2.39. The van der Waals surface area contributed by atoms with E-state index in [2.05, 4.69) is 49.4 Å². The number of hydrogen-bond acceptors (Lipinski definition) is 2. The minimum absolute atomic E-state index is 0.126. The Morgan fingerprint density at radius 1 is 1.04 bits per heavy atom. The molecule has 0 N–H and O–H groups in total. The van der Waals surface area contributed by atoms with E-state index in [1.807, 2.05) is 35.2 Å². The largest absolute Gasteiger partial charge is 0.338 e. The fourth-order valence-corrected chi connectivity index (χ4v) is 4.02. The Morgan fingerprint density at radius 2 is 1.86 bits per heavy atom. The van der Waals surface area contributed by atoms with Crippen molar-refractivity contribution < 1.29 is 4.79 Å². The molecule has 2 aromatic carbocycles. The van der Waals surface area contributed by atoms with E-state index in [-0.39, 0.29) is 5.91 Å². The summed E-state index contributed by atoms with van der Waals surface area (Å²) in [6, 6.07) is 24.5. The van der Waals surface area contributed by atoms with Crippen LogP contribution in [0.25, 0.3) is 0 Å². The summed E-state index contributed by atoms with van der Waals surface area (Å²) < 4.78 is 0. The highest BCUT2D eigenvalue weighted by Gasteiger charge is 2.26. The second kappa shape index (κ2) is 8.39. The molecule has 3 aromatic rings. The highest BCUT2D eigenvalue weighted by molar-refractivity contribution is 5.94. The van der Waals surface area contributed by atoms with Crippen molar-refractivity contribution in [3.8, 4) is 0 Å². The second-order valence-electron chi connectivity index (χ2n) is 7.68. The number of likely N-dealkylation sites (tertiary alicyclic amines) is 1. The summed E-state index contributed by atoms with van der Waals surface area (Å²) in [6.07, 6.45) is 2.95. The fourth-order valence-electron chi connectivity index (χ4n) is 4.02.